The fourth-order valence-corrected chi connectivity index (χ4v) is 3.22. The first-order valence-electron chi connectivity index (χ1n) is 5.12. The first-order valence-corrected chi connectivity index (χ1v) is 5.12. The Balaban J connectivity index is 1.99. The van der Waals surface area contributed by atoms with Crippen LogP contribution in [0.4, 0.5) is 0 Å². The highest BCUT2D eigenvalue weighted by Gasteiger charge is 2.44. The third-order valence-electron chi connectivity index (χ3n) is 3.80. The molecule has 0 heterocycles. The molecule has 0 aromatic rings. The zero-order chi connectivity index (χ0) is 8.13. The second-order valence-electron chi connectivity index (χ2n) is 4.44. The first-order chi connectivity index (χ1) is 5.86. The highest BCUT2D eigenvalue weighted by Crippen LogP contribution is 2.51. The summed E-state index contributed by atoms with van der Waals surface area (Å²) in [6.45, 7) is 0. The van der Waals surface area contributed by atoms with Crippen molar-refractivity contribution in [3.8, 4) is 0 Å². The molecular weight excluding hydrogens is 148 g/mol. The molecule has 0 spiro atoms. The van der Waals surface area contributed by atoms with Gasteiger partial charge in [0.05, 0.1) is 0 Å². The molecule has 2 atom stereocenters. The molecule has 3 aliphatic carbocycles. The van der Waals surface area contributed by atoms with Crippen molar-refractivity contribution >= 4 is 5.78 Å². The summed E-state index contributed by atoms with van der Waals surface area (Å²) in [5.74, 6) is 2.00. The summed E-state index contributed by atoms with van der Waals surface area (Å²) >= 11 is 0. The van der Waals surface area contributed by atoms with E-state index in [0.717, 1.165) is 12.3 Å². The largest absolute Gasteiger partial charge is 0.295 e. The van der Waals surface area contributed by atoms with Gasteiger partial charge in [0.1, 0.15) is 0 Å². The molecular formula is C11H14O. The normalized spacial score (nSPS) is 39.2. The highest BCUT2D eigenvalue weighted by molar-refractivity contribution is 6.04. The molecule has 2 fully saturated rings. The minimum Gasteiger partial charge on any atom is -0.295 e. The van der Waals surface area contributed by atoms with E-state index in [1.165, 1.54) is 37.7 Å². The van der Waals surface area contributed by atoms with Crippen LogP contribution in [-0.2, 0) is 4.79 Å². The lowest BCUT2D eigenvalue weighted by molar-refractivity contribution is -0.120. The van der Waals surface area contributed by atoms with Crippen molar-refractivity contribution in [3.63, 3.8) is 0 Å². The molecule has 0 aromatic heterocycles. The summed E-state index contributed by atoms with van der Waals surface area (Å²) in [6, 6.07) is 0. The minimum absolute atomic E-state index is 0.472. The van der Waals surface area contributed by atoms with Crippen molar-refractivity contribution in [1.82, 2.24) is 0 Å². The number of hydrogen-bond acceptors (Lipinski definition) is 1. The van der Waals surface area contributed by atoms with Crippen LogP contribution >= 0.6 is 0 Å². The van der Waals surface area contributed by atoms with Crippen molar-refractivity contribution in [2.75, 3.05) is 0 Å². The average Bonchev–Trinajstić information content (AvgIpc) is 2.35. The van der Waals surface area contributed by atoms with Crippen molar-refractivity contribution < 1.29 is 4.79 Å². The predicted octanol–water partition coefficient (Wildman–Crippen LogP) is 2.47. The van der Waals surface area contributed by atoms with Crippen LogP contribution in [0.2, 0.25) is 0 Å². The lowest BCUT2D eigenvalue weighted by Crippen LogP contribution is -2.24. The fourth-order valence-electron chi connectivity index (χ4n) is 3.22. The summed E-state index contributed by atoms with van der Waals surface area (Å²) in [4.78, 5) is 11.3. The molecule has 0 amide bonds. The maximum Gasteiger partial charge on any atom is 0.159 e. The van der Waals surface area contributed by atoms with Gasteiger partial charge < -0.3 is 0 Å². The summed E-state index contributed by atoms with van der Waals surface area (Å²) in [5.41, 5.74) is 2.85. The Morgan fingerprint density at radius 1 is 1.17 bits per heavy atom. The molecule has 3 aliphatic rings. The molecule has 64 valence electrons. The first kappa shape index (κ1) is 6.88. The number of allylic oxidation sites excluding steroid dienone is 2. The van der Waals surface area contributed by atoms with E-state index in [-0.39, 0.29) is 0 Å². The number of Topliss-reactive ketones (excluding diaryl/α,β-unsaturated/α-hetero) is 1. The van der Waals surface area contributed by atoms with Crippen molar-refractivity contribution in [2.45, 2.75) is 38.5 Å². The van der Waals surface area contributed by atoms with E-state index in [1.807, 2.05) is 0 Å². The summed E-state index contributed by atoms with van der Waals surface area (Å²) < 4.78 is 0. The molecule has 0 saturated heterocycles. The molecule has 0 radical (unpaired) electrons. The van der Waals surface area contributed by atoms with Gasteiger partial charge in [-0.05, 0) is 43.1 Å². The van der Waals surface area contributed by atoms with Gasteiger partial charge in [0, 0.05) is 6.42 Å². The summed E-state index contributed by atoms with van der Waals surface area (Å²) in [5, 5.41) is 0. The minimum atomic E-state index is 0.472. The lowest BCUT2D eigenvalue weighted by Gasteiger charge is -2.23. The van der Waals surface area contributed by atoms with E-state index in [1.54, 1.807) is 5.57 Å². The zero-order valence-electron chi connectivity index (χ0n) is 7.31. The molecule has 12 heavy (non-hydrogen) atoms. The fraction of sp³-hybridized carbons (Fsp3) is 0.727. The Hall–Kier alpha value is -0.590. The zero-order valence-corrected chi connectivity index (χ0v) is 7.31. The monoisotopic (exact) mass is 162 g/mol. The van der Waals surface area contributed by atoms with Crippen LogP contribution < -0.4 is 0 Å². The third kappa shape index (κ3) is 0.720. The number of carbonyl (C=O) groups excluding carboxylic acids is 1. The topological polar surface area (TPSA) is 17.1 Å². The van der Waals surface area contributed by atoms with Gasteiger partial charge >= 0.3 is 0 Å². The van der Waals surface area contributed by atoms with Crippen molar-refractivity contribution in [3.05, 3.63) is 11.1 Å². The Kier molecular flexibility index (Phi) is 1.27. The van der Waals surface area contributed by atoms with E-state index in [0.29, 0.717) is 11.7 Å². The van der Waals surface area contributed by atoms with E-state index in [4.69, 9.17) is 0 Å². The lowest BCUT2D eigenvalue weighted by atomic mass is 9.79. The number of fused-ring (bicyclic) bond motifs is 2. The van der Waals surface area contributed by atoms with Crippen LogP contribution in [0.25, 0.3) is 0 Å². The molecule has 0 aliphatic heterocycles. The van der Waals surface area contributed by atoms with E-state index in [9.17, 15) is 4.79 Å². The van der Waals surface area contributed by atoms with E-state index < -0.39 is 0 Å². The molecule has 3 rings (SSSR count). The molecule has 2 saturated carbocycles. The Labute approximate surface area is 72.8 Å². The van der Waals surface area contributed by atoms with Gasteiger partial charge in [-0.2, -0.15) is 0 Å². The average molecular weight is 162 g/mol. The standard InChI is InChI=1S/C11H14O/c12-10-6-8-5-7-3-1-2-4-9(7)11(8)10/h7-8H,1-6H2. The van der Waals surface area contributed by atoms with Crippen LogP contribution in [-0.4, -0.2) is 5.78 Å². The number of carbonyl (C=O) groups is 1. The number of hydrogen-bond donors (Lipinski definition) is 0. The van der Waals surface area contributed by atoms with Crippen molar-refractivity contribution in [2.24, 2.45) is 11.8 Å². The molecule has 0 bridgehead atoms. The summed E-state index contributed by atoms with van der Waals surface area (Å²) in [7, 11) is 0. The Morgan fingerprint density at radius 2 is 2.08 bits per heavy atom. The van der Waals surface area contributed by atoms with Crippen LogP contribution in [0.3, 0.4) is 0 Å². The quantitative estimate of drug-likeness (QED) is 0.534. The Bertz CT molecular complexity index is 275. The molecule has 1 heteroatoms. The number of ketones is 1. The van der Waals surface area contributed by atoms with Crippen molar-refractivity contribution in [1.29, 1.82) is 0 Å². The third-order valence-corrected chi connectivity index (χ3v) is 3.80. The molecule has 0 aromatic carbocycles. The van der Waals surface area contributed by atoms with E-state index in [2.05, 4.69) is 0 Å². The molecule has 2 unspecified atom stereocenters. The van der Waals surface area contributed by atoms with Gasteiger partial charge in [0.2, 0.25) is 0 Å². The van der Waals surface area contributed by atoms with Crippen LogP contribution in [0.15, 0.2) is 11.1 Å². The van der Waals surface area contributed by atoms with Crippen LogP contribution in [0.1, 0.15) is 38.5 Å². The molecule has 0 N–H and O–H groups in total. The number of rotatable bonds is 0. The summed E-state index contributed by atoms with van der Waals surface area (Å²) in [6.07, 6.45) is 7.51. The van der Waals surface area contributed by atoms with Gasteiger partial charge in [-0.25, -0.2) is 0 Å². The van der Waals surface area contributed by atoms with Gasteiger partial charge in [-0.15, -0.1) is 0 Å². The maximum atomic E-state index is 11.3. The van der Waals surface area contributed by atoms with Gasteiger partial charge in [-0.3, -0.25) is 4.79 Å². The molecule has 1 nitrogen and oxygen atoms in total. The SMILES string of the molecule is O=C1CC2CC3CCCCC3=C12. The van der Waals surface area contributed by atoms with Crippen LogP contribution in [0, 0.1) is 11.8 Å². The van der Waals surface area contributed by atoms with Gasteiger partial charge in [0.25, 0.3) is 0 Å². The van der Waals surface area contributed by atoms with E-state index >= 15 is 0 Å². The maximum absolute atomic E-state index is 11.3. The van der Waals surface area contributed by atoms with Gasteiger partial charge in [-0.1, -0.05) is 12.0 Å². The van der Waals surface area contributed by atoms with Crippen LogP contribution in [0.5, 0.6) is 0 Å². The predicted molar refractivity (Wildman–Crippen MR) is 46.7 cm³/mol. The Morgan fingerprint density at radius 3 is 2.92 bits per heavy atom. The highest BCUT2D eigenvalue weighted by atomic mass is 16.1. The second-order valence-corrected chi connectivity index (χ2v) is 4.44. The van der Waals surface area contributed by atoms with Gasteiger partial charge in [0.15, 0.2) is 5.78 Å². The second kappa shape index (κ2) is 2.21. The smallest absolute Gasteiger partial charge is 0.159 e.